The molecule has 0 aliphatic heterocycles. The molecule has 0 unspecified atom stereocenters. The SMILES string of the molecule is Cl.Fc1cncc(Cl)c1. The van der Waals surface area contributed by atoms with Crippen molar-refractivity contribution in [3.05, 3.63) is 29.3 Å². The van der Waals surface area contributed by atoms with Crippen molar-refractivity contribution in [2.45, 2.75) is 0 Å². The Bertz CT molecular complexity index is 175. The molecule has 9 heavy (non-hydrogen) atoms. The Labute approximate surface area is 63.3 Å². The number of aromatic nitrogens is 1. The van der Waals surface area contributed by atoms with Crippen LogP contribution < -0.4 is 0 Å². The van der Waals surface area contributed by atoms with Crippen LogP contribution in [0.2, 0.25) is 5.02 Å². The Balaban J connectivity index is 0.000000640. The highest BCUT2D eigenvalue weighted by molar-refractivity contribution is 6.30. The van der Waals surface area contributed by atoms with Crippen LogP contribution in [0.3, 0.4) is 0 Å². The van der Waals surface area contributed by atoms with Crippen molar-refractivity contribution in [1.29, 1.82) is 0 Å². The number of pyridine rings is 1. The van der Waals surface area contributed by atoms with Gasteiger partial charge in [0.15, 0.2) is 0 Å². The molecule has 1 rings (SSSR count). The first kappa shape index (κ1) is 8.66. The molecular formula is C5H4Cl2FN. The highest BCUT2D eigenvalue weighted by Gasteiger charge is 1.87. The molecule has 0 atom stereocenters. The van der Waals surface area contributed by atoms with Crippen LogP contribution in [0.25, 0.3) is 0 Å². The van der Waals surface area contributed by atoms with Gasteiger partial charge in [0.05, 0.1) is 11.2 Å². The van der Waals surface area contributed by atoms with Crippen molar-refractivity contribution in [3.63, 3.8) is 0 Å². The lowest BCUT2D eigenvalue weighted by Gasteiger charge is -1.84. The van der Waals surface area contributed by atoms with Gasteiger partial charge in [-0.3, -0.25) is 4.98 Å². The molecule has 0 bridgehead atoms. The fourth-order valence-corrected chi connectivity index (χ4v) is 0.547. The van der Waals surface area contributed by atoms with Gasteiger partial charge in [0.25, 0.3) is 0 Å². The van der Waals surface area contributed by atoms with E-state index >= 15 is 0 Å². The standard InChI is InChI=1S/C5H3ClFN.ClH/c6-4-1-5(7)3-8-2-4;/h1-3H;1H. The number of rotatable bonds is 0. The lowest BCUT2D eigenvalue weighted by atomic mass is 10.5. The minimum absolute atomic E-state index is 0. The third-order valence-electron chi connectivity index (χ3n) is 0.672. The molecule has 0 aromatic carbocycles. The summed E-state index contributed by atoms with van der Waals surface area (Å²) in [6, 6.07) is 1.20. The van der Waals surface area contributed by atoms with Crippen LogP contribution in [-0.2, 0) is 0 Å². The maximum absolute atomic E-state index is 12.0. The first-order chi connectivity index (χ1) is 3.79. The molecule has 1 nitrogen and oxygen atoms in total. The number of halogens is 3. The van der Waals surface area contributed by atoms with E-state index in [9.17, 15) is 4.39 Å². The van der Waals surface area contributed by atoms with Gasteiger partial charge in [-0.05, 0) is 6.07 Å². The van der Waals surface area contributed by atoms with Gasteiger partial charge >= 0.3 is 0 Å². The smallest absolute Gasteiger partial charge is 0.142 e. The second-order valence-electron chi connectivity index (χ2n) is 1.32. The molecule has 1 heterocycles. The Morgan fingerprint density at radius 2 is 2.11 bits per heavy atom. The van der Waals surface area contributed by atoms with Crippen molar-refractivity contribution in [2.24, 2.45) is 0 Å². The second kappa shape index (κ2) is 3.64. The van der Waals surface area contributed by atoms with Crippen LogP contribution in [-0.4, -0.2) is 4.98 Å². The predicted molar refractivity (Wildman–Crippen MR) is 36.5 cm³/mol. The van der Waals surface area contributed by atoms with Gasteiger partial charge in [-0.1, -0.05) is 11.6 Å². The molecule has 0 spiro atoms. The quantitative estimate of drug-likeness (QED) is 0.579. The monoisotopic (exact) mass is 167 g/mol. The second-order valence-corrected chi connectivity index (χ2v) is 1.76. The van der Waals surface area contributed by atoms with Gasteiger partial charge in [-0.15, -0.1) is 12.4 Å². The fraction of sp³-hybridized carbons (Fsp3) is 0. The molecule has 0 aliphatic rings. The lowest BCUT2D eigenvalue weighted by molar-refractivity contribution is 0.621. The summed E-state index contributed by atoms with van der Waals surface area (Å²) in [5, 5.41) is 0.324. The Morgan fingerprint density at radius 1 is 1.44 bits per heavy atom. The third kappa shape index (κ3) is 2.63. The maximum atomic E-state index is 12.0. The molecule has 50 valence electrons. The molecule has 1 aromatic heterocycles. The Morgan fingerprint density at radius 3 is 2.44 bits per heavy atom. The highest BCUT2D eigenvalue weighted by Crippen LogP contribution is 2.05. The Hall–Kier alpha value is -0.340. The minimum atomic E-state index is -0.405. The average Bonchev–Trinajstić information content (AvgIpc) is 1.64. The summed E-state index contributed by atoms with van der Waals surface area (Å²) >= 11 is 5.34. The summed E-state index contributed by atoms with van der Waals surface area (Å²) in [4.78, 5) is 3.48. The molecule has 0 amide bonds. The molecular weight excluding hydrogens is 164 g/mol. The zero-order valence-corrected chi connectivity index (χ0v) is 5.92. The number of hydrogen-bond acceptors (Lipinski definition) is 1. The van der Waals surface area contributed by atoms with Gasteiger partial charge in [0, 0.05) is 6.20 Å². The summed E-state index contributed by atoms with van der Waals surface area (Å²) in [5.41, 5.74) is 0. The largest absolute Gasteiger partial charge is 0.260 e. The molecule has 1 aromatic rings. The molecule has 0 aliphatic carbocycles. The summed E-state index contributed by atoms with van der Waals surface area (Å²) in [5.74, 6) is -0.405. The van der Waals surface area contributed by atoms with Gasteiger partial charge < -0.3 is 0 Å². The van der Waals surface area contributed by atoms with Crippen LogP contribution in [0, 0.1) is 5.82 Å². The predicted octanol–water partition coefficient (Wildman–Crippen LogP) is 2.30. The first-order valence-electron chi connectivity index (χ1n) is 2.05. The van der Waals surface area contributed by atoms with Gasteiger partial charge in [0.2, 0.25) is 0 Å². The molecule has 0 radical (unpaired) electrons. The van der Waals surface area contributed by atoms with Crippen molar-refractivity contribution in [1.82, 2.24) is 4.98 Å². The van der Waals surface area contributed by atoms with Crippen LogP contribution in [0.5, 0.6) is 0 Å². The van der Waals surface area contributed by atoms with Gasteiger partial charge in [-0.25, -0.2) is 4.39 Å². The molecule has 0 saturated carbocycles. The van der Waals surface area contributed by atoms with E-state index in [1.165, 1.54) is 12.3 Å². The maximum Gasteiger partial charge on any atom is 0.142 e. The van der Waals surface area contributed by atoms with Gasteiger partial charge in [-0.2, -0.15) is 0 Å². The van der Waals surface area contributed by atoms with Crippen LogP contribution in [0.15, 0.2) is 18.5 Å². The van der Waals surface area contributed by atoms with E-state index in [-0.39, 0.29) is 12.4 Å². The van der Waals surface area contributed by atoms with E-state index in [1.54, 1.807) is 0 Å². The summed E-state index contributed by atoms with van der Waals surface area (Å²) < 4.78 is 12.0. The molecule has 4 heteroatoms. The first-order valence-corrected chi connectivity index (χ1v) is 2.43. The number of nitrogens with zero attached hydrogens (tertiary/aromatic N) is 1. The summed E-state index contributed by atoms with van der Waals surface area (Å²) in [7, 11) is 0. The van der Waals surface area contributed by atoms with Crippen molar-refractivity contribution in [3.8, 4) is 0 Å². The number of hydrogen-bond donors (Lipinski definition) is 0. The third-order valence-corrected chi connectivity index (χ3v) is 0.878. The van der Waals surface area contributed by atoms with E-state index in [1.807, 2.05) is 0 Å². The topological polar surface area (TPSA) is 12.9 Å². The van der Waals surface area contributed by atoms with E-state index in [0.29, 0.717) is 5.02 Å². The molecule has 0 fully saturated rings. The van der Waals surface area contributed by atoms with Crippen molar-refractivity contribution >= 4 is 24.0 Å². The lowest BCUT2D eigenvalue weighted by Crippen LogP contribution is -1.74. The fourth-order valence-electron chi connectivity index (χ4n) is 0.386. The zero-order valence-electron chi connectivity index (χ0n) is 4.34. The van der Waals surface area contributed by atoms with E-state index < -0.39 is 5.82 Å². The normalized spacial score (nSPS) is 8.22. The highest BCUT2D eigenvalue weighted by atomic mass is 35.5. The van der Waals surface area contributed by atoms with Crippen molar-refractivity contribution < 1.29 is 4.39 Å². The molecule has 0 N–H and O–H groups in total. The molecule has 0 saturated heterocycles. The van der Waals surface area contributed by atoms with Crippen LogP contribution in [0.4, 0.5) is 4.39 Å². The summed E-state index contributed by atoms with van der Waals surface area (Å²) in [6.07, 6.45) is 2.48. The minimum Gasteiger partial charge on any atom is -0.260 e. The van der Waals surface area contributed by atoms with E-state index in [4.69, 9.17) is 11.6 Å². The van der Waals surface area contributed by atoms with E-state index in [0.717, 1.165) is 6.20 Å². The Kier molecular flexibility index (Phi) is 3.50. The average molecular weight is 168 g/mol. The van der Waals surface area contributed by atoms with Crippen molar-refractivity contribution in [2.75, 3.05) is 0 Å². The zero-order chi connectivity index (χ0) is 5.98. The van der Waals surface area contributed by atoms with Gasteiger partial charge in [0.1, 0.15) is 5.82 Å². The van der Waals surface area contributed by atoms with Crippen LogP contribution >= 0.6 is 24.0 Å². The van der Waals surface area contributed by atoms with E-state index in [2.05, 4.69) is 4.98 Å². The van der Waals surface area contributed by atoms with Crippen LogP contribution in [0.1, 0.15) is 0 Å². The summed E-state index contributed by atoms with van der Waals surface area (Å²) in [6.45, 7) is 0.